The van der Waals surface area contributed by atoms with Crippen LogP contribution in [0.25, 0.3) is 6.08 Å². The van der Waals surface area contributed by atoms with Gasteiger partial charge in [-0.1, -0.05) is 12.1 Å². The molecule has 1 aromatic rings. The summed E-state index contributed by atoms with van der Waals surface area (Å²) in [4.78, 5) is 23.9. The first-order valence-electron chi connectivity index (χ1n) is 5.65. The minimum atomic E-state index is -0.339. The number of nitriles is 1. The van der Waals surface area contributed by atoms with Crippen molar-refractivity contribution in [3.05, 3.63) is 35.4 Å². The molecule has 0 aliphatic carbocycles. The Kier molecular flexibility index (Phi) is 4.84. The number of hydrogen-bond donors (Lipinski definition) is 1. The Morgan fingerprint density at radius 3 is 2.26 bits per heavy atom. The maximum absolute atomic E-state index is 11.7. The number of rotatable bonds is 3. The predicted octanol–water partition coefficient (Wildman–Crippen LogP) is 1.64. The van der Waals surface area contributed by atoms with Crippen molar-refractivity contribution >= 4 is 23.6 Å². The Balaban J connectivity index is 2.95. The van der Waals surface area contributed by atoms with E-state index in [0.717, 1.165) is 5.56 Å². The van der Waals surface area contributed by atoms with Crippen LogP contribution in [0.4, 0.5) is 5.69 Å². The van der Waals surface area contributed by atoms with E-state index in [4.69, 9.17) is 5.26 Å². The van der Waals surface area contributed by atoms with Gasteiger partial charge in [0.05, 0.1) is 0 Å². The Morgan fingerprint density at radius 1 is 1.26 bits per heavy atom. The van der Waals surface area contributed by atoms with Gasteiger partial charge in [0.1, 0.15) is 11.6 Å². The van der Waals surface area contributed by atoms with E-state index in [2.05, 4.69) is 5.32 Å². The van der Waals surface area contributed by atoms with E-state index in [-0.39, 0.29) is 17.4 Å². The molecule has 5 nitrogen and oxygen atoms in total. The van der Waals surface area contributed by atoms with Crippen molar-refractivity contribution in [2.24, 2.45) is 0 Å². The highest BCUT2D eigenvalue weighted by atomic mass is 16.2. The van der Waals surface area contributed by atoms with Crippen LogP contribution in [0.5, 0.6) is 0 Å². The second-order valence-corrected chi connectivity index (χ2v) is 4.17. The smallest absolute Gasteiger partial charge is 0.264 e. The summed E-state index contributed by atoms with van der Waals surface area (Å²) in [6, 6.07) is 8.76. The highest BCUT2D eigenvalue weighted by molar-refractivity contribution is 6.01. The molecule has 0 aromatic heterocycles. The summed E-state index contributed by atoms with van der Waals surface area (Å²) >= 11 is 0. The number of amides is 2. The molecular weight excluding hydrogens is 242 g/mol. The molecule has 2 amide bonds. The van der Waals surface area contributed by atoms with Crippen molar-refractivity contribution in [2.45, 2.75) is 6.92 Å². The summed E-state index contributed by atoms with van der Waals surface area (Å²) in [7, 11) is 3.18. The number of carbonyl (C=O) groups is 2. The van der Waals surface area contributed by atoms with E-state index >= 15 is 0 Å². The molecular formula is C14H15N3O2. The largest absolute Gasteiger partial charge is 0.344 e. The fraction of sp³-hybridized carbons (Fsp3) is 0.214. The second kappa shape index (κ2) is 6.36. The van der Waals surface area contributed by atoms with Crippen molar-refractivity contribution < 1.29 is 9.59 Å². The molecule has 0 saturated heterocycles. The number of carbonyl (C=O) groups excluding carboxylic acids is 2. The van der Waals surface area contributed by atoms with Crippen LogP contribution in [0.15, 0.2) is 29.8 Å². The van der Waals surface area contributed by atoms with Gasteiger partial charge >= 0.3 is 0 Å². The molecule has 19 heavy (non-hydrogen) atoms. The molecule has 1 N–H and O–H groups in total. The maximum atomic E-state index is 11.7. The molecule has 0 spiro atoms. The van der Waals surface area contributed by atoms with Crippen LogP contribution >= 0.6 is 0 Å². The van der Waals surface area contributed by atoms with Gasteiger partial charge in [-0.2, -0.15) is 5.26 Å². The fourth-order valence-electron chi connectivity index (χ4n) is 1.42. The molecule has 0 fully saturated rings. The zero-order valence-electron chi connectivity index (χ0n) is 11.1. The monoisotopic (exact) mass is 257 g/mol. The standard InChI is InChI=1S/C14H15N3O2/c1-10(18)16-13-6-4-11(5-7-13)8-12(9-15)14(19)17(2)3/h4-8H,1-3H3,(H,16,18)/b12-8-. The third kappa shape index (κ3) is 4.28. The molecule has 0 aliphatic heterocycles. The first kappa shape index (κ1) is 14.5. The number of anilines is 1. The molecule has 0 atom stereocenters. The Labute approximate surface area is 112 Å². The van der Waals surface area contributed by atoms with Crippen molar-refractivity contribution in [1.29, 1.82) is 5.26 Å². The number of hydrogen-bond acceptors (Lipinski definition) is 3. The zero-order valence-corrected chi connectivity index (χ0v) is 11.1. The lowest BCUT2D eigenvalue weighted by molar-refractivity contribution is -0.124. The summed E-state index contributed by atoms with van der Waals surface area (Å²) < 4.78 is 0. The van der Waals surface area contributed by atoms with Gasteiger partial charge in [-0.15, -0.1) is 0 Å². The van der Waals surface area contributed by atoms with Gasteiger partial charge in [0.15, 0.2) is 0 Å². The van der Waals surface area contributed by atoms with E-state index in [1.807, 2.05) is 6.07 Å². The number of nitrogens with zero attached hydrogens (tertiary/aromatic N) is 2. The molecule has 1 rings (SSSR count). The summed E-state index contributed by atoms with van der Waals surface area (Å²) in [6.07, 6.45) is 1.51. The summed E-state index contributed by atoms with van der Waals surface area (Å²) in [6.45, 7) is 1.43. The summed E-state index contributed by atoms with van der Waals surface area (Å²) in [5, 5.41) is 11.6. The van der Waals surface area contributed by atoms with Gasteiger partial charge in [-0.3, -0.25) is 9.59 Å². The lowest BCUT2D eigenvalue weighted by atomic mass is 10.1. The van der Waals surface area contributed by atoms with Gasteiger partial charge in [0.25, 0.3) is 5.91 Å². The van der Waals surface area contributed by atoms with Gasteiger partial charge in [-0.25, -0.2) is 0 Å². The topological polar surface area (TPSA) is 73.2 Å². The normalized spacial score (nSPS) is 10.5. The maximum Gasteiger partial charge on any atom is 0.264 e. The number of benzene rings is 1. The molecule has 98 valence electrons. The van der Waals surface area contributed by atoms with Crippen molar-refractivity contribution in [3.63, 3.8) is 0 Å². The van der Waals surface area contributed by atoms with E-state index in [1.165, 1.54) is 17.9 Å². The molecule has 0 heterocycles. The van der Waals surface area contributed by atoms with Gasteiger partial charge in [-0.05, 0) is 23.8 Å². The van der Waals surface area contributed by atoms with E-state index in [0.29, 0.717) is 5.69 Å². The average Bonchev–Trinajstić information content (AvgIpc) is 2.36. The zero-order chi connectivity index (χ0) is 14.4. The Bertz CT molecular complexity index is 551. The van der Waals surface area contributed by atoms with Crippen LogP contribution in [-0.4, -0.2) is 30.8 Å². The van der Waals surface area contributed by atoms with Gasteiger partial charge in [0.2, 0.25) is 5.91 Å². The van der Waals surface area contributed by atoms with E-state index in [9.17, 15) is 9.59 Å². The van der Waals surface area contributed by atoms with Crippen LogP contribution in [0.3, 0.4) is 0 Å². The number of nitrogens with one attached hydrogen (secondary N) is 1. The van der Waals surface area contributed by atoms with Crippen LogP contribution in [0, 0.1) is 11.3 Å². The van der Waals surface area contributed by atoms with Crippen LogP contribution < -0.4 is 5.32 Å². The molecule has 0 unspecified atom stereocenters. The minimum Gasteiger partial charge on any atom is -0.344 e. The summed E-state index contributed by atoms with van der Waals surface area (Å²) in [5.41, 5.74) is 1.46. The first-order valence-corrected chi connectivity index (χ1v) is 5.65. The van der Waals surface area contributed by atoms with E-state index in [1.54, 1.807) is 38.4 Å². The average molecular weight is 257 g/mol. The second-order valence-electron chi connectivity index (χ2n) is 4.17. The van der Waals surface area contributed by atoms with Crippen molar-refractivity contribution in [2.75, 3.05) is 19.4 Å². The quantitative estimate of drug-likeness (QED) is 0.660. The van der Waals surface area contributed by atoms with Crippen molar-refractivity contribution in [3.8, 4) is 6.07 Å². The molecule has 0 aliphatic rings. The molecule has 0 radical (unpaired) electrons. The highest BCUT2D eigenvalue weighted by Gasteiger charge is 2.10. The van der Waals surface area contributed by atoms with E-state index < -0.39 is 0 Å². The Hall–Kier alpha value is -2.61. The predicted molar refractivity (Wildman–Crippen MR) is 73.0 cm³/mol. The third-order valence-corrected chi connectivity index (χ3v) is 2.30. The van der Waals surface area contributed by atoms with Crippen LogP contribution in [0.2, 0.25) is 0 Å². The first-order chi connectivity index (χ1) is 8.93. The van der Waals surface area contributed by atoms with Gasteiger partial charge < -0.3 is 10.2 Å². The lowest BCUT2D eigenvalue weighted by Gasteiger charge is -2.08. The Morgan fingerprint density at radius 2 is 1.84 bits per heavy atom. The molecule has 0 saturated carbocycles. The lowest BCUT2D eigenvalue weighted by Crippen LogP contribution is -2.22. The minimum absolute atomic E-state index is 0.0669. The van der Waals surface area contributed by atoms with Crippen LogP contribution in [-0.2, 0) is 9.59 Å². The highest BCUT2D eigenvalue weighted by Crippen LogP contribution is 2.13. The summed E-state index contributed by atoms with van der Waals surface area (Å²) in [5.74, 6) is -0.489. The van der Waals surface area contributed by atoms with Crippen LogP contribution in [0.1, 0.15) is 12.5 Å². The molecule has 5 heteroatoms. The molecule has 1 aromatic carbocycles. The number of likely N-dealkylation sites (N-methyl/N-ethyl adjacent to an activating group) is 1. The fourth-order valence-corrected chi connectivity index (χ4v) is 1.42. The third-order valence-electron chi connectivity index (χ3n) is 2.30. The SMILES string of the molecule is CC(=O)Nc1ccc(/C=C(/C#N)C(=O)N(C)C)cc1. The van der Waals surface area contributed by atoms with Gasteiger partial charge in [0, 0.05) is 26.7 Å². The van der Waals surface area contributed by atoms with Crippen molar-refractivity contribution in [1.82, 2.24) is 4.90 Å². The molecule has 0 bridgehead atoms.